The molecule has 0 aliphatic rings. The van der Waals surface area contributed by atoms with Crippen molar-refractivity contribution in [2.45, 2.75) is 25.9 Å². The third-order valence-electron chi connectivity index (χ3n) is 2.42. The Balaban J connectivity index is 2.80. The minimum absolute atomic E-state index is 0.00946. The predicted molar refractivity (Wildman–Crippen MR) is 68.4 cm³/mol. The van der Waals surface area contributed by atoms with Gasteiger partial charge in [0.15, 0.2) is 0 Å². The van der Waals surface area contributed by atoms with E-state index in [1.165, 1.54) is 7.11 Å². The second-order valence-corrected chi connectivity index (χ2v) is 5.29. The maximum atomic E-state index is 13.5. The van der Waals surface area contributed by atoms with Gasteiger partial charge >= 0.3 is 0 Å². The number of halogens is 3. The molecule has 0 radical (unpaired) electrons. The van der Waals surface area contributed by atoms with Gasteiger partial charge in [0.2, 0.25) is 5.91 Å². The fourth-order valence-corrected chi connectivity index (χ4v) is 1.59. The third-order valence-corrected chi connectivity index (χ3v) is 3.03. The topological polar surface area (TPSA) is 38.3 Å². The van der Waals surface area contributed by atoms with Crippen molar-refractivity contribution in [1.82, 2.24) is 0 Å². The molecule has 18 heavy (non-hydrogen) atoms. The van der Waals surface area contributed by atoms with Crippen molar-refractivity contribution >= 4 is 27.5 Å². The molecule has 0 aliphatic carbocycles. The van der Waals surface area contributed by atoms with Crippen LogP contribution in [0.15, 0.2) is 16.6 Å². The van der Waals surface area contributed by atoms with Crippen LogP contribution in [-0.4, -0.2) is 18.6 Å². The summed E-state index contributed by atoms with van der Waals surface area (Å²) in [6.45, 7) is 3.45. The number of ether oxygens (including phenoxy) is 1. The summed E-state index contributed by atoms with van der Waals surface area (Å²) in [6.07, 6.45) is 0.0423. The monoisotopic (exact) mass is 321 g/mol. The molecular formula is C12H14BrF2NO2. The Morgan fingerprint density at radius 2 is 2.00 bits per heavy atom. The quantitative estimate of drug-likeness (QED) is 0.862. The molecule has 0 aliphatic heterocycles. The average molecular weight is 322 g/mol. The van der Waals surface area contributed by atoms with Gasteiger partial charge in [0, 0.05) is 13.2 Å². The van der Waals surface area contributed by atoms with Crippen LogP contribution in [0, 0.1) is 11.6 Å². The van der Waals surface area contributed by atoms with Gasteiger partial charge in [-0.2, -0.15) is 0 Å². The van der Waals surface area contributed by atoms with Gasteiger partial charge in [-0.25, -0.2) is 8.78 Å². The molecule has 1 rings (SSSR count). The molecule has 0 aromatic heterocycles. The summed E-state index contributed by atoms with van der Waals surface area (Å²) in [7, 11) is 1.48. The van der Waals surface area contributed by atoms with E-state index in [1.807, 2.05) is 0 Å². The number of hydrogen-bond acceptors (Lipinski definition) is 2. The Bertz CT molecular complexity index is 464. The largest absolute Gasteiger partial charge is 0.378 e. The van der Waals surface area contributed by atoms with E-state index in [-0.39, 0.29) is 16.6 Å². The number of carbonyl (C=O) groups is 1. The smallest absolute Gasteiger partial charge is 0.227 e. The van der Waals surface area contributed by atoms with E-state index in [4.69, 9.17) is 4.74 Å². The summed E-state index contributed by atoms with van der Waals surface area (Å²) in [5, 5.41) is 2.31. The van der Waals surface area contributed by atoms with E-state index in [9.17, 15) is 13.6 Å². The molecule has 1 aromatic carbocycles. The molecule has 0 saturated heterocycles. The molecule has 0 unspecified atom stereocenters. The molecular weight excluding hydrogens is 308 g/mol. The highest BCUT2D eigenvalue weighted by molar-refractivity contribution is 9.10. The Morgan fingerprint density at radius 3 is 2.56 bits per heavy atom. The standard InChI is InChI=1S/C12H14BrF2NO2/c1-12(2,18-3)6-11(17)16-10-5-8(14)7(13)4-9(10)15/h4-5H,6H2,1-3H3,(H,16,17). The Kier molecular flexibility index (Phi) is 4.81. The van der Waals surface area contributed by atoms with Gasteiger partial charge in [0.05, 0.1) is 22.2 Å². The zero-order valence-corrected chi connectivity index (χ0v) is 11.9. The molecule has 6 heteroatoms. The molecule has 0 fully saturated rings. The SMILES string of the molecule is COC(C)(C)CC(=O)Nc1cc(F)c(Br)cc1F. The zero-order valence-electron chi connectivity index (χ0n) is 10.3. The maximum absolute atomic E-state index is 13.5. The first-order valence-corrected chi connectivity index (χ1v) is 6.04. The van der Waals surface area contributed by atoms with Crippen LogP contribution in [0.2, 0.25) is 0 Å². The highest BCUT2D eigenvalue weighted by atomic mass is 79.9. The molecule has 0 heterocycles. The number of anilines is 1. The van der Waals surface area contributed by atoms with Crippen molar-refractivity contribution < 1.29 is 18.3 Å². The fourth-order valence-electron chi connectivity index (χ4n) is 1.27. The summed E-state index contributed by atoms with van der Waals surface area (Å²) in [4.78, 5) is 11.6. The van der Waals surface area contributed by atoms with Crippen LogP contribution in [0.4, 0.5) is 14.5 Å². The molecule has 0 saturated carbocycles. The molecule has 0 spiro atoms. The first-order chi connectivity index (χ1) is 8.25. The highest BCUT2D eigenvalue weighted by Crippen LogP contribution is 2.24. The average Bonchev–Trinajstić information content (AvgIpc) is 2.25. The van der Waals surface area contributed by atoms with Crippen LogP contribution in [0.5, 0.6) is 0 Å². The van der Waals surface area contributed by atoms with Crippen LogP contribution in [0.3, 0.4) is 0 Å². The van der Waals surface area contributed by atoms with Gasteiger partial charge in [-0.05, 0) is 35.8 Å². The minimum Gasteiger partial charge on any atom is -0.378 e. The molecule has 0 bridgehead atoms. The van der Waals surface area contributed by atoms with E-state index in [0.29, 0.717) is 0 Å². The summed E-state index contributed by atoms with van der Waals surface area (Å²) in [5.41, 5.74) is -0.846. The number of methoxy groups -OCH3 is 1. The van der Waals surface area contributed by atoms with Crippen molar-refractivity contribution in [3.63, 3.8) is 0 Å². The van der Waals surface area contributed by atoms with Crippen molar-refractivity contribution in [1.29, 1.82) is 0 Å². The summed E-state index contributed by atoms with van der Waals surface area (Å²) >= 11 is 2.86. The fraction of sp³-hybridized carbons (Fsp3) is 0.417. The lowest BCUT2D eigenvalue weighted by Gasteiger charge is -2.22. The number of hydrogen-bond donors (Lipinski definition) is 1. The maximum Gasteiger partial charge on any atom is 0.227 e. The highest BCUT2D eigenvalue weighted by Gasteiger charge is 2.22. The van der Waals surface area contributed by atoms with Crippen LogP contribution in [0.1, 0.15) is 20.3 Å². The van der Waals surface area contributed by atoms with E-state index in [2.05, 4.69) is 21.2 Å². The van der Waals surface area contributed by atoms with Gasteiger partial charge in [-0.15, -0.1) is 0 Å². The van der Waals surface area contributed by atoms with E-state index >= 15 is 0 Å². The van der Waals surface area contributed by atoms with Gasteiger partial charge in [-0.1, -0.05) is 0 Å². The number of carbonyl (C=O) groups excluding carboxylic acids is 1. The molecule has 1 amide bonds. The van der Waals surface area contributed by atoms with Crippen LogP contribution in [-0.2, 0) is 9.53 Å². The summed E-state index contributed by atoms with van der Waals surface area (Å²) in [6, 6.07) is 1.89. The van der Waals surface area contributed by atoms with Crippen molar-refractivity contribution in [2.75, 3.05) is 12.4 Å². The number of amides is 1. The third kappa shape index (κ3) is 4.03. The lowest BCUT2D eigenvalue weighted by Crippen LogP contribution is -2.29. The Labute approximate surface area is 113 Å². The zero-order chi connectivity index (χ0) is 13.9. The molecule has 3 nitrogen and oxygen atoms in total. The molecule has 1 N–H and O–H groups in total. The second-order valence-electron chi connectivity index (χ2n) is 4.43. The first kappa shape index (κ1) is 15.0. The Hall–Kier alpha value is -1.01. The van der Waals surface area contributed by atoms with Crippen molar-refractivity contribution in [2.24, 2.45) is 0 Å². The first-order valence-electron chi connectivity index (χ1n) is 5.25. The Morgan fingerprint density at radius 1 is 1.39 bits per heavy atom. The van der Waals surface area contributed by atoms with E-state index < -0.39 is 23.1 Å². The number of benzene rings is 1. The van der Waals surface area contributed by atoms with Gasteiger partial charge < -0.3 is 10.1 Å². The second kappa shape index (κ2) is 5.75. The normalized spacial score (nSPS) is 11.4. The lowest BCUT2D eigenvalue weighted by molar-refractivity contribution is -0.121. The van der Waals surface area contributed by atoms with Crippen molar-refractivity contribution in [3.05, 3.63) is 28.2 Å². The van der Waals surface area contributed by atoms with E-state index in [1.54, 1.807) is 13.8 Å². The van der Waals surface area contributed by atoms with E-state index in [0.717, 1.165) is 12.1 Å². The van der Waals surface area contributed by atoms with Crippen LogP contribution in [0.25, 0.3) is 0 Å². The minimum atomic E-state index is -0.702. The number of rotatable bonds is 4. The summed E-state index contributed by atoms with van der Waals surface area (Å²) < 4.78 is 31.8. The number of nitrogens with one attached hydrogen (secondary N) is 1. The van der Waals surface area contributed by atoms with Crippen molar-refractivity contribution in [3.8, 4) is 0 Å². The van der Waals surface area contributed by atoms with Crippen LogP contribution < -0.4 is 5.32 Å². The lowest BCUT2D eigenvalue weighted by atomic mass is 10.0. The molecule has 0 atom stereocenters. The van der Waals surface area contributed by atoms with Gasteiger partial charge in [0.25, 0.3) is 0 Å². The molecule has 100 valence electrons. The van der Waals surface area contributed by atoms with Gasteiger partial charge in [0.1, 0.15) is 11.6 Å². The van der Waals surface area contributed by atoms with Crippen LogP contribution >= 0.6 is 15.9 Å². The molecule has 1 aromatic rings. The predicted octanol–water partition coefficient (Wildman–Crippen LogP) is 3.48. The van der Waals surface area contributed by atoms with Gasteiger partial charge in [-0.3, -0.25) is 4.79 Å². The summed E-state index contributed by atoms with van der Waals surface area (Å²) in [5.74, 6) is -1.79.